The zero-order valence-corrected chi connectivity index (χ0v) is 17.9. The number of hydrogen-bond acceptors (Lipinski definition) is 3. The number of aryl methyl sites for hydroxylation is 3. The predicted octanol–water partition coefficient (Wildman–Crippen LogP) is 4.82. The summed E-state index contributed by atoms with van der Waals surface area (Å²) < 4.78 is 2.01. The van der Waals surface area contributed by atoms with Gasteiger partial charge in [0.15, 0.2) is 12.4 Å². The van der Waals surface area contributed by atoms with Gasteiger partial charge in [-0.3, -0.25) is 0 Å². The first-order valence-corrected chi connectivity index (χ1v) is 10.1. The third kappa shape index (κ3) is 3.09. The number of aliphatic carboxylic acids is 1. The van der Waals surface area contributed by atoms with Crippen LogP contribution in [-0.2, 0) is 11.8 Å². The average Bonchev–Trinajstić information content (AvgIpc) is 3.07. The second-order valence-corrected chi connectivity index (χ2v) is 8.38. The molecule has 0 radical (unpaired) electrons. The summed E-state index contributed by atoms with van der Waals surface area (Å²) in [5, 5.41) is 24.3. The van der Waals surface area contributed by atoms with Gasteiger partial charge in [0.1, 0.15) is 24.2 Å². The average molecular weight is 404 g/mol. The Morgan fingerprint density at radius 3 is 2.53 bits per heavy atom. The number of carbonyl (C=O) groups is 1. The van der Waals surface area contributed by atoms with Crippen molar-refractivity contribution in [2.45, 2.75) is 34.1 Å². The van der Waals surface area contributed by atoms with E-state index in [0.29, 0.717) is 12.1 Å². The number of phenols is 1. The first kappa shape index (κ1) is 19.9. The zero-order valence-electron chi connectivity index (χ0n) is 17.9. The van der Waals surface area contributed by atoms with E-state index in [1.54, 1.807) is 6.07 Å². The van der Waals surface area contributed by atoms with Crippen LogP contribution in [0.5, 0.6) is 5.75 Å². The lowest BCUT2D eigenvalue weighted by atomic mass is 9.96. The summed E-state index contributed by atoms with van der Waals surface area (Å²) >= 11 is 0. The van der Waals surface area contributed by atoms with Gasteiger partial charge in [0.05, 0.1) is 5.52 Å². The number of pyridine rings is 1. The molecule has 0 aliphatic rings. The smallest absolute Gasteiger partial charge is 0.350 e. The summed E-state index contributed by atoms with van der Waals surface area (Å²) in [4.78, 5) is 19.7. The highest BCUT2D eigenvalue weighted by atomic mass is 16.4. The molecule has 6 heteroatoms. The van der Waals surface area contributed by atoms with Crippen LogP contribution < -0.4 is 4.57 Å². The molecule has 4 aromatic rings. The highest BCUT2D eigenvalue weighted by molar-refractivity contribution is 6.36. The van der Waals surface area contributed by atoms with Gasteiger partial charge in [-0.15, -0.1) is 0 Å². The maximum Gasteiger partial charge on any atom is 0.350 e. The topological polar surface area (TPSA) is 89.6 Å². The zero-order chi connectivity index (χ0) is 21.7. The standard InChI is InChI=1S/C24H25N3O3/c1-12(2)10-18(24(29)30)26-23-19(28)7-6-17-21(23)20-13(3)16-11-27(5)9-8-15(16)14(4)22(20)25-17/h6-9,11-12H,10H2,1-5H3,(H2,28,29,30)/p+1. The fourth-order valence-electron chi connectivity index (χ4n) is 4.22. The maximum absolute atomic E-state index is 11.8. The van der Waals surface area contributed by atoms with Gasteiger partial charge in [-0.2, -0.15) is 0 Å². The molecule has 0 saturated heterocycles. The van der Waals surface area contributed by atoms with E-state index < -0.39 is 5.97 Å². The van der Waals surface area contributed by atoms with Gasteiger partial charge >= 0.3 is 5.97 Å². The maximum atomic E-state index is 11.8. The SMILES string of the molecule is Cc1c2cc[n+](C)cc2c(C)c2c1[nH]c1ccc(O)c(N=C(CC(C)C)C(=O)O)c12. The summed E-state index contributed by atoms with van der Waals surface area (Å²) in [5.74, 6) is -0.955. The Morgan fingerprint density at radius 1 is 1.13 bits per heavy atom. The van der Waals surface area contributed by atoms with E-state index in [2.05, 4.69) is 36.1 Å². The lowest BCUT2D eigenvalue weighted by Gasteiger charge is -2.10. The Morgan fingerprint density at radius 2 is 1.87 bits per heavy atom. The van der Waals surface area contributed by atoms with Crippen LogP contribution in [0.3, 0.4) is 0 Å². The molecule has 0 spiro atoms. The van der Waals surface area contributed by atoms with Crippen molar-refractivity contribution in [3.05, 3.63) is 41.7 Å². The van der Waals surface area contributed by atoms with Crippen molar-refractivity contribution in [2.24, 2.45) is 18.0 Å². The molecule has 0 aliphatic heterocycles. The summed E-state index contributed by atoms with van der Waals surface area (Å²) in [6.45, 7) is 8.03. The van der Waals surface area contributed by atoms with Gasteiger partial charge in [0.2, 0.25) is 0 Å². The Bertz CT molecular complexity index is 1360. The molecule has 0 bridgehead atoms. The van der Waals surface area contributed by atoms with E-state index in [-0.39, 0.29) is 17.4 Å². The quantitative estimate of drug-likeness (QED) is 0.336. The van der Waals surface area contributed by atoms with Crippen molar-refractivity contribution in [1.29, 1.82) is 0 Å². The molecule has 2 heterocycles. The Hall–Kier alpha value is -3.41. The molecule has 30 heavy (non-hydrogen) atoms. The number of aromatic nitrogens is 2. The number of rotatable bonds is 4. The molecule has 4 rings (SSSR count). The van der Waals surface area contributed by atoms with Crippen molar-refractivity contribution in [2.75, 3.05) is 0 Å². The van der Waals surface area contributed by atoms with Crippen LogP contribution in [-0.4, -0.2) is 26.9 Å². The normalized spacial score (nSPS) is 12.5. The Kier molecular flexibility index (Phi) is 4.73. The van der Waals surface area contributed by atoms with Crippen molar-refractivity contribution < 1.29 is 19.6 Å². The molecule has 0 aliphatic carbocycles. The van der Waals surface area contributed by atoms with Gasteiger partial charge in [-0.25, -0.2) is 14.4 Å². The number of nitrogens with zero attached hydrogens (tertiary/aromatic N) is 2. The molecule has 3 N–H and O–H groups in total. The molecular weight excluding hydrogens is 378 g/mol. The third-order valence-corrected chi connectivity index (χ3v) is 5.67. The number of carboxylic acids is 1. The van der Waals surface area contributed by atoms with Crippen LogP contribution in [0.25, 0.3) is 32.6 Å². The number of benzene rings is 2. The number of fused-ring (bicyclic) bond motifs is 4. The second kappa shape index (κ2) is 7.13. The van der Waals surface area contributed by atoms with Crippen molar-refractivity contribution in [3.63, 3.8) is 0 Å². The predicted molar refractivity (Wildman–Crippen MR) is 120 cm³/mol. The second-order valence-electron chi connectivity index (χ2n) is 8.38. The van der Waals surface area contributed by atoms with Crippen LogP contribution >= 0.6 is 0 Å². The van der Waals surface area contributed by atoms with E-state index >= 15 is 0 Å². The number of carboxylic acid groups (broad SMARTS) is 1. The number of nitrogens with one attached hydrogen (secondary N) is 1. The Labute approximate surface area is 174 Å². The van der Waals surface area contributed by atoms with Gasteiger partial charge in [-0.1, -0.05) is 13.8 Å². The van der Waals surface area contributed by atoms with Gasteiger partial charge in [-0.05, 0) is 54.8 Å². The highest BCUT2D eigenvalue weighted by Gasteiger charge is 2.21. The van der Waals surface area contributed by atoms with E-state index in [0.717, 1.165) is 43.7 Å². The summed E-state index contributed by atoms with van der Waals surface area (Å²) in [6, 6.07) is 5.48. The van der Waals surface area contributed by atoms with Crippen molar-refractivity contribution in [3.8, 4) is 5.75 Å². The minimum atomic E-state index is -1.06. The minimum absolute atomic E-state index is 0.0262. The molecular formula is C24H26N3O3+. The highest BCUT2D eigenvalue weighted by Crippen LogP contribution is 2.43. The molecule has 2 aromatic heterocycles. The molecule has 0 saturated carbocycles. The number of H-pyrrole nitrogens is 1. The van der Waals surface area contributed by atoms with Crippen LogP contribution in [0.4, 0.5) is 5.69 Å². The van der Waals surface area contributed by atoms with Crippen LogP contribution in [0.2, 0.25) is 0 Å². The van der Waals surface area contributed by atoms with E-state index in [4.69, 9.17) is 0 Å². The minimum Gasteiger partial charge on any atom is -0.506 e. The lowest BCUT2D eigenvalue weighted by Crippen LogP contribution is -2.26. The molecule has 6 nitrogen and oxygen atoms in total. The molecule has 154 valence electrons. The van der Waals surface area contributed by atoms with E-state index in [1.165, 1.54) is 0 Å². The van der Waals surface area contributed by atoms with Crippen molar-refractivity contribution >= 4 is 49.9 Å². The first-order valence-electron chi connectivity index (χ1n) is 10.1. The summed E-state index contributed by atoms with van der Waals surface area (Å²) in [7, 11) is 1.99. The molecule has 0 fully saturated rings. The van der Waals surface area contributed by atoms with E-state index in [1.807, 2.05) is 37.7 Å². The fourth-order valence-corrected chi connectivity index (χ4v) is 4.22. The number of aliphatic imine (C=N–C) groups is 1. The van der Waals surface area contributed by atoms with Gasteiger partial charge in [0.25, 0.3) is 0 Å². The van der Waals surface area contributed by atoms with Crippen LogP contribution in [0.15, 0.2) is 35.6 Å². The monoisotopic (exact) mass is 404 g/mol. The first-order chi connectivity index (χ1) is 14.2. The summed E-state index contributed by atoms with van der Waals surface area (Å²) in [6.07, 6.45) is 4.43. The molecule has 0 atom stereocenters. The van der Waals surface area contributed by atoms with Crippen LogP contribution in [0, 0.1) is 19.8 Å². The van der Waals surface area contributed by atoms with Gasteiger partial charge in [0, 0.05) is 27.7 Å². The molecule has 2 aromatic carbocycles. The number of aromatic hydroxyl groups is 1. The largest absolute Gasteiger partial charge is 0.506 e. The van der Waals surface area contributed by atoms with Gasteiger partial charge < -0.3 is 15.2 Å². The Balaban J connectivity index is 2.17. The molecule has 0 amide bonds. The summed E-state index contributed by atoms with van der Waals surface area (Å²) in [5.41, 5.74) is 4.32. The number of aromatic amines is 1. The number of hydrogen-bond donors (Lipinski definition) is 3. The molecule has 0 unspecified atom stereocenters. The third-order valence-electron chi connectivity index (χ3n) is 5.67. The van der Waals surface area contributed by atoms with Crippen molar-refractivity contribution in [1.82, 2.24) is 4.98 Å². The lowest BCUT2D eigenvalue weighted by molar-refractivity contribution is -0.670. The number of phenolic OH excluding ortho intramolecular Hbond substituents is 1. The fraction of sp³-hybridized carbons (Fsp3) is 0.292. The van der Waals surface area contributed by atoms with Crippen LogP contribution in [0.1, 0.15) is 31.4 Å². The van der Waals surface area contributed by atoms with E-state index in [9.17, 15) is 15.0 Å².